The van der Waals surface area contributed by atoms with Crippen LogP contribution < -0.4 is 11.2 Å². The summed E-state index contributed by atoms with van der Waals surface area (Å²) in [6, 6.07) is 0. The Hall–Kier alpha value is -1.89. The summed E-state index contributed by atoms with van der Waals surface area (Å²) in [5, 5.41) is 0. The van der Waals surface area contributed by atoms with Crippen molar-refractivity contribution in [3.8, 4) is 0 Å². The predicted octanol–water partition coefficient (Wildman–Crippen LogP) is 0.960. The summed E-state index contributed by atoms with van der Waals surface area (Å²) in [6.07, 6.45) is 0.168. The molecule has 0 aliphatic carbocycles. The summed E-state index contributed by atoms with van der Waals surface area (Å²) in [7, 11) is 0. The average molecular weight is 292 g/mol. The number of nitrogens with zero attached hydrogens (tertiary/aromatic N) is 2. The van der Waals surface area contributed by atoms with Gasteiger partial charge < -0.3 is 9.72 Å². The molecule has 1 saturated heterocycles. The van der Waals surface area contributed by atoms with Gasteiger partial charge in [-0.1, -0.05) is 6.92 Å². The van der Waals surface area contributed by atoms with Crippen LogP contribution in [-0.4, -0.2) is 31.7 Å². The number of ether oxygens (including phenoxy) is 1. The molecule has 4 unspecified atom stereocenters. The Bertz CT molecular complexity index is 788. The van der Waals surface area contributed by atoms with E-state index in [-0.39, 0.29) is 18.1 Å². The number of rotatable bonds is 2. The molecular formula is C14H20N4O3. The highest BCUT2D eigenvalue weighted by atomic mass is 16.5. The van der Waals surface area contributed by atoms with Crippen molar-refractivity contribution < 1.29 is 4.74 Å². The van der Waals surface area contributed by atoms with E-state index in [0.29, 0.717) is 29.5 Å². The summed E-state index contributed by atoms with van der Waals surface area (Å²) in [5.74, 6) is 1.10. The lowest BCUT2D eigenvalue weighted by atomic mass is 9.89. The van der Waals surface area contributed by atoms with E-state index in [2.05, 4.69) is 21.9 Å². The molecule has 0 spiro atoms. The van der Waals surface area contributed by atoms with Crippen molar-refractivity contribution in [2.24, 2.45) is 5.92 Å². The average Bonchev–Trinajstić information content (AvgIpc) is 2.93. The van der Waals surface area contributed by atoms with Crippen molar-refractivity contribution in [1.82, 2.24) is 19.5 Å². The van der Waals surface area contributed by atoms with E-state index in [4.69, 9.17) is 4.74 Å². The number of hydrogen-bond donors (Lipinski definition) is 2. The van der Waals surface area contributed by atoms with Gasteiger partial charge in [0.25, 0.3) is 5.56 Å². The first kappa shape index (κ1) is 14.1. The third-order valence-electron chi connectivity index (χ3n) is 4.53. The minimum absolute atomic E-state index is 0.0245. The van der Waals surface area contributed by atoms with Crippen LogP contribution in [0.4, 0.5) is 0 Å². The van der Waals surface area contributed by atoms with Gasteiger partial charge in [-0.15, -0.1) is 0 Å². The Morgan fingerprint density at radius 3 is 2.48 bits per heavy atom. The van der Waals surface area contributed by atoms with Crippen molar-refractivity contribution in [2.75, 3.05) is 0 Å². The fourth-order valence-electron chi connectivity index (χ4n) is 3.25. The SMILES string of the molecule is CCn1c(=O)[nH]c(=O)c2[nH]c(C3C(C)OC(C)C3C)nc21. The first-order valence-electron chi connectivity index (χ1n) is 7.32. The predicted molar refractivity (Wildman–Crippen MR) is 78.6 cm³/mol. The van der Waals surface area contributed by atoms with Gasteiger partial charge in [0.1, 0.15) is 11.3 Å². The van der Waals surface area contributed by atoms with Gasteiger partial charge in [0, 0.05) is 12.5 Å². The molecule has 3 rings (SSSR count). The monoisotopic (exact) mass is 292 g/mol. The van der Waals surface area contributed by atoms with Crippen LogP contribution in [0.25, 0.3) is 11.2 Å². The van der Waals surface area contributed by atoms with Crippen molar-refractivity contribution in [2.45, 2.75) is 52.4 Å². The highest BCUT2D eigenvalue weighted by Crippen LogP contribution is 2.38. The van der Waals surface area contributed by atoms with Gasteiger partial charge >= 0.3 is 5.69 Å². The zero-order valence-corrected chi connectivity index (χ0v) is 12.6. The van der Waals surface area contributed by atoms with E-state index < -0.39 is 11.2 Å². The van der Waals surface area contributed by atoms with Crippen LogP contribution in [0, 0.1) is 5.92 Å². The fraction of sp³-hybridized carbons (Fsp3) is 0.643. The van der Waals surface area contributed by atoms with Crippen LogP contribution in [0.2, 0.25) is 0 Å². The van der Waals surface area contributed by atoms with Gasteiger partial charge in [-0.25, -0.2) is 9.78 Å². The third-order valence-corrected chi connectivity index (χ3v) is 4.53. The number of aromatic amines is 2. The van der Waals surface area contributed by atoms with Crippen LogP contribution in [0.5, 0.6) is 0 Å². The van der Waals surface area contributed by atoms with E-state index in [1.54, 1.807) is 0 Å². The maximum atomic E-state index is 12.0. The normalized spacial score (nSPS) is 29.3. The topological polar surface area (TPSA) is 92.8 Å². The van der Waals surface area contributed by atoms with Crippen molar-refractivity contribution in [3.63, 3.8) is 0 Å². The van der Waals surface area contributed by atoms with Crippen LogP contribution >= 0.6 is 0 Å². The molecule has 21 heavy (non-hydrogen) atoms. The molecule has 7 nitrogen and oxygen atoms in total. The number of hydrogen-bond acceptors (Lipinski definition) is 4. The molecule has 0 aromatic carbocycles. The zero-order valence-electron chi connectivity index (χ0n) is 12.6. The van der Waals surface area contributed by atoms with Gasteiger partial charge in [-0.2, -0.15) is 0 Å². The smallest absolute Gasteiger partial charge is 0.330 e. The van der Waals surface area contributed by atoms with Crippen LogP contribution in [0.3, 0.4) is 0 Å². The van der Waals surface area contributed by atoms with Crippen molar-refractivity contribution in [3.05, 3.63) is 26.7 Å². The second-order valence-corrected chi connectivity index (χ2v) is 5.76. The lowest BCUT2D eigenvalue weighted by molar-refractivity contribution is 0.0554. The molecule has 0 saturated carbocycles. The van der Waals surface area contributed by atoms with E-state index in [0.717, 1.165) is 0 Å². The largest absolute Gasteiger partial charge is 0.374 e. The van der Waals surface area contributed by atoms with E-state index in [1.165, 1.54) is 4.57 Å². The highest BCUT2D eigenvalue weighted by molar-refractivity contribution is 5.69. The minimum Gasteiger partial charge on any atom is -0.374 e. The number of imidazole rings is 1. The second kappa shape index (κ2) is 4.84. The van der Waals surface area contributed by atoms with Gasteiger partial charge in [-0.3, -0.25) is 14.3 Å². The van der Waals surface area contributed by atoms with Crippen LogP contribution in [0.1, 0.15) is 39.4 Å². The summed E-state index contributed by atoms with van der Waals surface area (Å²) < 4.78 is 7.30. The van der Waals surface area contributed by atoms with Crippen LogP contribution in [0.15, 0.2) is 9.59 Å². The first-order chi connectivity index (χ1) is 9.93. The molecule has 2 aromatic heterocycles. The molecular weight excluding hydrogens is 272 g/mol. The summed E-state index contributed by atoms with van der Waals surface area (Å²) in [5.41, 5.74) is -0.0819. The Kier molecular flexibility index (Phi) is 3.24. The molecule has 4 atom stereocenters. The summed E-state index contributed by atoms with van der Waals surface area (Å²) >= 11 is 0. The zero-order chi connectivity index (χ0) is 15.3. The lowest BCUT2D eigenvalue weighted by Gasteiger charge is -2.15. The Labute approximate surface area is 121 Å². The maximum absolute atomic E-state index is 12.0. The number of nitrogens with one attached hydrogen (secondary N) is 2. The fourth-order valence-corrected chi connectivity index (χ4v) is 3.25. The molecule has 3 heterocycles. The Morgan fingerprint density at radius 1 is 1.19 bits per heavy atom. The van der Waals surface area contributed by atoms with Crippen LogP contribution in [-0.2, 0) is 11.3 Å². The number of aromatic nitrogens is 4. The van der Waals surface area contributed by atoms with E-state index in [9.17, 15) is 9.59 Å². The molecule has 114 valence electrons. The second-order valence-electron chi connectivity index (χ2n) is 5.76. The first-order valence-corrected chi connectivity index (χ1v) is 7.32. The van der Waals surface area contributed by atoms with Gasteiger partial charge in [0.15, 0.2) is 5.65 Å². The molecule has 1 aliphatic rings. The summed E-state index contributed by atoms with van der Waals surface area (Å²) in [6.45, 7) is 8.47. The number of H-pyrrole nitrogens is 2. The van der Waals surface area contributed by atoms with Gasteiger partial charge in [0.2, 0.25) is 0 Å². The van der Waals surface area contributed by atoms with Crippen molar-refractivity contribution >= 4 is 11.2 Å². The van der Waals surface area contributed by atoms with Gasteiger partial charge in [-0.05, 0) is 26.7 Å². The Morgan fingerprint density at radius 2 is 1.90 bits per heavy atom. The molecule has 1 aliphatic heterocycles. The minimum atomic E-state index is -0.426. The van der Waals surface area contributed by atoms with Crippen molar-refractivity contribution in [1.29, 1.82) is 0 Å². The van der Waals surface area contributed by atoms with E-state index in [1.807, 2.05) is 20.8 Å². The summed E-state index contributed by atoms with van der Waals surface area (Å²) in [4.78, 5) is 33.7. The molecule has 0 radical (unpaired) electrons. The quantitative estimate of drug-likeness (QED) is 0.862. The van der Waals surface area contributed by atoms with Gasteiger partial charge in [0.05, 0.1) is 12.2 Å². The molecule has 2 aromatic rings. The molecule has 0 amide bonds. The third kappa shape index (κ3) is 2.03. The standard InChI is InChI=1S/C14H20N4O3/c1-5-18-12-10(13(19)17-14(18)20)15-11(16-12)9-6(2)7(3)21-8(9)4/h6-9H,5H2,1-4H3,(H,15,16)(H,17,19,20). The van der Waals surface area contributed by atoms with E-state index >= 15 is 0 Å². The highest BCUT2D eigenvalue weighted by Gasteiger charge is 2.40. The molecule has 0 bridgehead atoms. The molecule has 2 N–H and O–H groups in total. The molecule has 1 fully saturated rings. The maximum Gasteiger partial charge on any atom is 0.330 e. The lowest BCUT2D eigenvalue weighted by Crippen LogP contribution is -2.29. The number of fused-ring (bicyclic) bond motifs is 1. The Balaban J connectivity index is 2.20. The number of aryl methyl sites for hydroxylation is 1. The molecule has 7 heteroatoms.